The fourth-order valence-corrected chi connectivity index (χ4v) is 8.00. The fourth-order valence-electron chi connectivity index (χ4n) is 8.00. The van der Waals surface area contributed by atoms with Gasteiger partial charge in [-0.1, -0.05) is 131 Å². The number of allylic oxidation sites excluding steroid dienone is 2. The van der Waals surface area contributed by atoms with Crippen LogP contribution in [0.25, 0.3) is 0 Å². The molecule has 1 aromatic heterocycles. The maximum absolute atomic E-state index is 12.9. The predicted molar refractivity (Wildman–Crippen MR) is 240 cm³/mol. The van der Waals surface area contributed by atoms with E-state index in [1.165, 1.54) is 93.9 Å². The molecule has 0 aliphatic carbocycles. The van der Waals surface area contributed by atoms with E-state index in [-0.39, 0.29) is 13.2 Å². The standard InChI is InChI=1S/C50H68N2O9/c1-4-5-6-7-8-9-10-11-12-13-14-15-16-17-18-22-35-58-36-37-59-47-44(61-48(46(47)54)52-34-33-45(53)51-49(52)55)38-60-50(39-23-20-19-21-24-39,40-25-29-42(56-2)30-26-40)41-27-31-43(57-3)32-28-41/h11-12,19-21,23-34,44,46-48,54H,4-10,13-18,22,35-38H2,1-3H3,(H,51,53,55)/b12-11-. The second-order valence-corrected chi connectivity index (χ2v) is 15.8. The Balaban J connectivity index is 1.18. The quantitative estimate of drug-likeness (QED) is 0.0312. The summed E-state index contributed by atoms with van der Waals surface area (Å²) in [5, 5.41) is 11.7. The summed E-state index contributed by atoms with van der Waals surface area (Å²) in [5.74, 6) is 1.39. The Kier molecular flexibility index (Phi) is 20.3. The van der Waals surface area contributed by atoms with Crippen molar-refractivity contribution in [3.8, 4) is 11.5 Å². The van der Waals surface area contributed by atoms with E-state index < -0.39 is 41.4 Å². The molecule has 1 saturated heterocycles. The highest BCUT2D eigenvalue weighted by atomic mass is 16.6. The maximum Gasteiger partial charge on any atom is 0.330 e. The highest BCUT2D eigenvalue weighted by Gasteiger charge is 2.48. The summed E-state index contributed by atoms with van der Waals surface area (Å²) in [6, 6.07) is 26.5. The first-order valence-electron chi connectivity index (χ1n) is 22.4. The number of benzene rings is 3. The van der Waals surface area contributed by atoms with E-state index in [9.17, 15) is 14.7 Å². The lowest BCUT2D eigenvalue weighted by molar-refractivity contribution is -0.108. The Morgan fingerprint density at radius 1 is 0.689 bits per heavy atom. The summed E-state index contributed by atoms with van der Waals surface area (Å²) in [6.45, 7) is 3.37. The third kappa shape index (κ3) is 14.0. The van der Waals surface area contributed by atoms with E-state index in [0.29, 0.717) is 24.7 Å². The van der Waals surface area contributed by atoms with Crippen LogP contribution >= 0.6 is 0 Å². The minimum absolute atomic E-state index is 0.0420. The van der Waals surface area contributed by atoms with Crippen molar-refractivity contribution in [2.75, 3.05) is 40.6 Å². The summed E-state index contributed by atoms with van der Waals surface area (Å²) < 4.78 is 37.9. The SMILES string of the molecule is CCCCCCCC/C=C\CCCCCCCCOCCOC1C(COC(c2ccccc2)(c2ccc(OC)cc2)c2ccc(OC)cc2)OC(n2ccc(=O)[nH]c2=O)C1O. The van der Waals surface area contributed by atoms with E-state index in [1.54, 1.807) is 14.2 Å². The summed E-state index contributed by atoms with van der Waals surface area (Å²) in [7, 11) is 3.24. The van der Waals surface area contributed by atoms with Gasteiger partial charge in [0, 0.05) is 18.9 Å². The number of rotatable bonds is 29. The smallest absolute Gasteiger partial charge is 0.330 e. The predicted octanol–water partition coefficient (Wildman–Crippen LogP) is 9.26. The van der Waals surface area contributed by atoms with Gasteiger partial charge in [-0.3, -0.25) is 14.3 Å². The lowest BCUT2D eigenvalue weighted by atomic mass is 9.80. The van der Waals surface area contributed by atoms with Crippen LogP contribution in [0, 0.1) is 0 Å². The average Bonchev–Trinajstić information content (AvgIpc) is 3.60. The van der Waals surface area contributed by atoms with Crippen molar-refractivity contribution in [1.29, 1.82) is 0 Å². The largest absolute Gasteiger partial charge is 0.497 e. The molecule has 4 unspecified atom stereocenters. The van der Waals surface area contributed by atoms with Crippen LogP contribution < -0.4 is 20.7 Å². The van der Waals surface area contributed by atoms with Crippen LogP contribution in [0.3, 0.4) is 0 Å². The van der Waals surface area contributed by atoms with Gasteiger partial charge in [0.2, 0.25) is 0 Å². The molecule has 3 aromatic carbocycles. The van der Waals surface area contributed by atoms with E-state index >= 15 is 0 Å². The highest BCUT2D eigenvalue weighted by molar-refractivity contribution is 5.49. The first-order valence-corrected chi connectivity index (χ1v) is 22.4. The van der Waals surface area contributed by atoms with Crippen molar-refractivity contribution in [3.05, 3.63) is 141 Å². The van der Waals surface area contributed by atoms with Gasteiger partial charge >= 0.3 is 5.69 Å². The molecule has 61 heavy (non-hydrogen) atoms. The molecule has 1 aliphatic heterocycles. The molecule has 0 saturated carbocycles. The summed E-state index contributed by atoms with van der Waals surface area (Å²) >= 11 is 0. The minimum Gasteiger partial charge on any atom is -0.497 e. The van der Waals surface area contributed by atoms with Crippen molar-refractivity contribution in [3.63, 3.8) is 0 Å². The number of nitrogens with zero attached hydrogens (tertiary/aromatic N) is 1. The topological polar surface area (TPSA) is 130 Å². The Labute approximate surface area is 362 Å². The molecule has 332 valence electrons. The van der Waals surface area contributed by atoms with Crippen LogP contribution in [0.2, 0.25) is 0 Å². The molecule has 4 atom stereocenters. The Morgan fingerprint density at radius 3 is 1.82 bits per heavy atom. The number of ether oxygens (including phenoxy) is 6. The van der Waals surface area contributed by atoms with Crippen LogP contribution in [-0.2, 0) is 24.5 Å². The van der Waals surface area contributed by atoms with Gasteiger partial charge in [0.25, 0.3) is 5.56 Å². The third-order valence-electron chi connectivity index (χ3n) is 11.4. The van der Waals surface area contributed by atoms with E-state index in [4.69, 9.17) is 28.4 Å². The first kappa shape index (κ1) is 47.5. The third-order valence-corrected chi connectivity index (χ3v) is 11.4. The fraction of sp³-hybridized carbons (Fsp3) is 0.520. The zero-order valence-electron chi connectivity index (χ0n) is 36.5. The molecule has 2 heterocycles. The molecule has 0 spiro atoms. The molecule has 11 heteroatoms. The number of hydrogen-bond donors (Lipinski definition) is 2. The number of aliphatic hydroxyl groups excluding tert-OH is 1. The number of hydrogen-bond acceptors (Lipinski definition) is 9. The number of aliphatic hydroxyl groups is 1. The second-order valence-electron chi connectivity index (χ2n) is 15.8. The Bertz CT molecular complexity index is 1900. The summed E-state index contributed by atoms with van der Waals surface area (Å²) in [6.07, 6.45) is 19.4. The number of unbranched alkanes of at least 4 members (excludes halogenated alkanes) is 12. The molecule has 5 rings (SSSR count). The zero-order chi connectivity index (χ0) is 43.1. The van der Waals surface area contributed by atoms with Gasteiger partial charge in [-0.15, -0.1) is 0 Å². The minimum atomic E-state index is -1.26. The van der Waals surface area contributed by atoms with Gasteiger partial charge in [0.15, 0.2) is 6.23 Å². The number of nitrogens with one attached hydrogen (secondary N) is 1. The molecular weight excluding hydrogens is 773 g/mol. The van der Waals surface area contributed by atoms with Gasteiger partial charge < -0.3 is 33.5 Å². The van der Waals surface area contributed by atoms with Crippen LogP contribution in [0.4, 0.5) is 0 Å². The van der Waals surface area contributed by atoms with Gasteiger partial charge in [0.1, 0.15) is 35.4 Å². The van der Waals surface area contributed by atoms with Crippen LogP contribution in [0.5, 0.6) is 11.5 Å². The van der Waals surface area contributed by atoms with E-state index in [2.05, 4.69) is 24.1 Å². The van der Waals surface area contributed by atoms with Crippen LogP contribution in [0.1, 0.15) is 120 Å². The molecule has 2 N–H and O–H groups in total. The monoisotopic (exact) mass is 840 g/mol. The molecule has 4 aromatic rings. The molecular formula is C50H68N2O9. The van der Waals surface area contributed by atoms with E-state index in [1.807, 2.05) is 78.9 Å². The van der Waals surface area contributed by atoms with Crippen molar-refractivity contribution in [1.82, 2.24) is 9.55 Å². The van der Waals surface area contributed by atoms with Gasteiger partial charge in [-0.05, 0) is 73.1 Å². The molecule has 1 aliphatic rings. The maximum atomic E-state index is 12.9. The molecule has 0 radical (unpaired) electrons. The molecule has 1 fully saturated rings. The Morgan fingerprint density at radius 2 is 1.25 bits per heavy atom. The summed E-state index contributed by atoms with van der Waals surface area (Å²) in [4.78, 5) is 27.1. The van der Waals surface area contributed by atoms with Crippen LogP contribution in [0.15, 0.2) is 113 Å². The average molecular weight is 841 g/mol. The number of H-pyrrole nitrogens is 1. The van der Waals surface area contributed by atoms with Crippen LogP contribution in [-0.4, -0.2) is 73.6 Å². The molecule has 11 nitrogen and oxygen atoms in total. The van der Waals surface area contributed by atoms with Crippen molar-refractivity contribution < 1.29 is 33.5 Å². The number of aromatic amines is 1. The Hall–Kier alpha value is -4.52. The normalized spacial score (nSPS) is 17.9. The molecule has 0 amide bonds. The van der Waals surface area contributed by atoms with Gasteiger partial charge in [-0.25, -0.2) is 4.79 Å². The van der Waals surface area contributed by atoms with Crippen molar-refractivity contribution in [2.45, 2.75) is 127 Å². The first-order chi connectivity index (χ1) is 29.9. The number of methoxy groups -OCH3 is 2. The second kappa shape index (κ2) is 26.1. The lowest BCUT2D eigenvalue weighted by Crippen LogP contribution is -2.41. The number of aromatic nitrogens is 2. The van der Waals surface area contributed by atoms with Crippen molar-refractivity contribution >= 4 is 0 Å². The van der Waals surface area contributed by atoms with E-state index in [0.717, 1.165) is 29.5 Å². The van der Waals surface area contributed by atoms with Gasteiger partial charge in [0.05, 0.1) is 34.0 Å². The zero-order valence-corrected chi connectivity index (χ0v) is 36.5. The van der Waals surface area contributed by atoms with Gasteiger partial charge in [-0.2, -0.15) is 0 Å². The lowest BCUT2D eigenvalue weighted by Gasteiger charge is -2.37. The highest BCUT2D eigenvalue weighted by Crippen LogP contribution is 2.43. The summed E-state index contributed by atoms with van der Waals surface area (Å²) in [5.41, 5.74) is 0.105. The van der Waals surface area contributed by atoms with Crippen molar-refractivity contribution in [2.24, 2.45) is 0 Å². The molecule has 0 bridgehead atoms.